The van der Waals surface area contributed by atoms with Crippen molar-refractivity contribution in [3.05, 3.63) is 41.6 Å². The normalized spacial score (nSPS) is 10.7. The summed E-state index contributed by atoms with van der Waals surface area (Å²) in [6.07, 6.45) is 3.85. The molecule has 0 bridgehead atoms. The van der Waals surface area contributed by atoms with E-state index in [-0.39, 0.29) is 5.95 Å². The van der Waals surface area contributed by atoms with Gasteiger partial charge in [-0.05, 0) is 53.0 Å². The third-order valence-electron chi connectivity index (χ3n) is 5.00. The lowest BCUT2D eigenvalue weighted by Crippen LogP contribution is -2.12. The molecule has 4 heterocycles. The lowest BCUT2D eigenvalue weighted by molar-refractivity contribution is 0.856. The predicted molar refractivity (Wildman–Crippen MR) is 157 cm³/mol. The molecule has 0 aliphatic heterocycles. The Labute approximate surface area is 224 Å². The molecule has 0 amide bonds. The van der Waals surface area contributed by atoms with Crippen LogP contribution in [0.4, 0.5) is 29.4 Å². The molecule has 4 rings (SSSR count). The molecule has 4 aromatic rings. The highest BCUT2D eigenvalue weighted by molar-refractivity contribution is 5.80. The monoisotopic (exact) mass is 522 g/mol. The Morgan fingerprint density at radius 1 is 0.763 bits per heavy atom. The molecular formula is C26H42N12. The zero-order chi connectivity index (χ0) is 28.6. The van der Waals surface area contributed by atoms with E-state index in [0.717, 1.165) is 28.4 Å². The Bertz CT molecular complexity index is 1230. The van der Waals surface area contributed by atoms with E-state index in [1.165, 1.54) is 5.56 Å². The summed E-state index contributed by atoms with van der Waals surface area (Å²) in [5.74, 6) is 3.76. The molecule has 4 aromatic heterocycles. The van der Waals surface area contributed by atoms with E-state index in [2.05, 4.69) is 74.4 Å². The molecule has 0 saturated heterocycles. The number of hydrogen-bond acceptors (Lipinski definition) is 11. The number of anilines is 5. The second kappa shape index (κ2) is 13.4. The molecule has 0 aliphatic carbocycles. The van der Waals surface area contributed by atoms with Crippen molar-refractivity contribution in [1.29, 1.82) is 0 Å². The van der Waals surface area contributed by atoms with Gasteiger partial charge in [0.05, 0.1) is 17.2 Å². The van der Waals surface area contributed by atoms with Crippen molar-refractivity contribution in [3.63, 3.8) is 0 Å². The molecule has 0 fully saturated rings. The smallest absolute Gasteiger partial charge is 0.223 e. The number of nitrogens with zero attached hydrogens (tertiary/aromatic N) is 7. The summed E-state index contributed by atoms with van der Waals surface area (Å²) in [5.41, 5.74) is 20.7. The molecule has 0 unspecified atom stereocenters. The van der Waals surface area contributed by atoms with Crippen LogP contribution >= 0.6 is 0 Å². The quantitative estimate of drug-likeness (QED) is 0.255. The van der Waals surface area contributed by atoms with Crippen LogP contribution in [-0.4, -0.2) is 46.6 Å². The average Bonchev–Trinajstić information content (AvgIpc) is 3.08. The van der Waals surface area contributed by atoms with Crippen LogP contribution in [0.15, 0.2) is 24.5 Å². The minimum absolute atomic E-state index is 0.193. The van der Waals surface area contributed by atoms with Crippen LogP contribution < -0.4 is 27.8 Å². The Morgan fingerprint density at radius 2 is 1.37 bits per heavy atom. The van der Waals surface area contributed by atoms with Crippen molar-refractivity contribution in [1.82, 2.24) is 34.5 Å². The highest BCUT2D eigenvalue weighted by Crippen LogP contribution is 2.25. The topological polar surface area (TPSA) is 184 Å². The van der Waals surface area contributed by atoms with E-state index in [4.69, 9.17) is 17.2 Å². The van der Waals surface area contributed by atoms with Crippen LogP contribution in [0.2, 0.25) is 0 Å². The minimum atomic E-state index is 0.193. The molecule has 0 aliphatic rings. The highest BCUT2D eigenvalue weighted by Gasteiger charge is 2.11. The van der Waals surface area contributed by atoms with Crippen LogP contribution in [-0.2, 0) is 7.05 Å². The first-order valence-electron chi connectivity index (χ1n) is 12.6. The van der Waals surface area contributed by atoms with E-state index in [1.54, 1.807) is 12.3 Å². The number of fused-ring (bicyclic) bond motifs is 1. The first-order chi connectivity index (χ1) is 17.7. The second-order valence-electron chi connectivity index (χ2n) is 9.89. The average molecular weight is 523 g/mol. The molecule has 0 radical (unpaired) electrons. The summed E-state index contributed by atoms with van der Waals surface area (Å²) >= 11 is 0. The lowest BCUT2D eigenvalue weighted by atomic mass is 10.1. The second-order valence-corrected chi connectivity index (χ2v) is 9.89. The number of aryl methyl sites for hydroxylation is 3. The van der Waals surface area contributed by atoms with Crippen LogP contribution in [0, 0.1) is 13.8 Å². The molecule has 0 spiro atoms. The maximum Gasteiger partial charge on any atom is 0.223 e. The number of nitrogen functional groups attached to an aromatic ring is 3. The fraction of sp³-hybridized carbons (Fsp3) is 0.462. The standard InChI is InChI=1S/C10H14N4.C9H15N3.C7H13N5/c1-6(2)7-5-14(3)8-4-12-10(11)13-9(7)8;1-6(2)10-9-5-7(3)11-8(4)12-9;1-4(2)10-6-3-5(8)11-7(9)12-6/h4-6H,1-3H3,(H2,11,12,13);5-6H,1-4H3,(H,10,11,12);3-4H,1-2H3,(H5,8,9,10,11,12). The van der Waals surface area contributed by atoms with Crippen molar-refractivity contribution in [2.24, 2.45) is 7.05 Å². The third-order valence-corrected chi connectivity index (χ3v) is 5.00. The van der Waals surface area contributed by atoms with Gasteiger partial charge in [-0.3, -0.25) is 0 Å². The largest absolute Gasteiger partial charge is 0.383 e. The zero-order valence-electron chi connectivity index (χ0n) is 23.9. The van der Waals surface area contributed by atoms with Gasteiger partial charge in [0, 0.05) is 43.2 Å². The predicted octanol–water partition coefficient (Wildman–Crippen LogP) is 4.05. The Morgan fingerprint density at radius 3 is 1.89 bits per heavy atom. The molecule has 12 nitrogen and oxygen atoms in total. The van der Waals surface area contributed by atoms with E-state index in [1.807, 2.05) is 45.4 Å². The van der Waals surface area contributed by atoms with Gasteiger partial charge < -0.3 is 32.4 Å². The first kappa shape index (κ1) is 30.0. The summed E-state index contributed by atoms with van der Waals surface area (Å²) in [5, 5.41) is 6.31. The maximum absolute atomic E-state index is 5.57. The summed E-state index contributed by atoms with van der Waals surface area (Å²) in [6, 6.07) is 4.32. The van der Waals surface area contributed by atoms with Crippen LogP contribution in [0.5, 0.6) is 0 Å². The first-order valence-corrected chi connectivity index (χ1v) is 12.6. The van der Waals surface area contributed by atoms with Gasteiger partial charge in [-0.1, -0.05) is 13.8 Å². The van der Waals surface area contributed by atoms with Crippen LogP contribution in [0.3, 0.4) is 0 Å². The van der Waals surface area contributed by atoms with Crippen LogP contribution in [0.1, 0.15) is 64.5 Å². The molecular weight excluding hydrogens is 480 g/mol. The fourth-order valence-electron chi connectivity index (χ4n) is 3.56. The third kappa shape index (κ3) is 9.34. The van der Waals surface area contributed by atoms with Crippen LogP contribution in [0.25, 0.3) is 11.0 Å². The molecule has 0 aromatic carbocycles. The van der Waals surface area contributed by atoms with Crippen molar-refractivity contribution < 1.29 is 0 Å². The molecule has 0 atom stereocenters. The van der Waals surface area contributed by atoms with E-state index in [9.17, 15) is 0 Å². The van der Waals surface area contributed by atoms with Gasteiger partial charge in [0.2, 0.25) is 11.9 Å². The van der Waals surface area contributed by atoms with Gasteiger partial charge >= 0.3 is 0 Å². The Balaban J connectivity index is 0.000000201. The summed E-state index contributed by atoms with van der Waals surface area (Å²) in [6.45, 7) is 16.4. The van der Waals surface area contributed by atoms with Crippen molar-refractivity contribution in [3.8, 4) is 0 Å². The van der Waals surface area contributed by atoms with Gasteiger partial charge in [0.15, 0.2) is 0 Å². The Kier molecular flexibility index (Phi) is 10.5. The van der Waals surface area contributed by atoms with Crippen molar-refractivity contribution in [2.75, 3.05) is 27.8 Å². The number of nitrogens with two attached hydrogens (primary N) is 3. The van der Waals surface area contributed by atoms with Gasteiger partial charge in [-0.25, -0.2) is 19.9 Å². The summed E-state index contributed by atoms with van der Waals surface area (Å²) in [4.78, 5) is 24.4. The molecule has 8 N–H and O–H groups in total. The summed E-state index contributed by atoms with van der Waals surface area (Å²) in [7, 11) is 1.99. The van der Waals surface area contributed by atoms with Gasteiger partial charge in [0.1, 0.15) is 23.3 Å². The fourth-order valence-corrected chi connectivity index (χ4v) is 3.56. The lowest BCUT2D eigenvalue weighted by Gasteiger charge is -2.09. The molecule has 12 heteroatoms. The van der Waals surface area contributed by atoms with Crippen molar-refractivity contribution in [2.45, 2.75) is 73.4 Å². The molecule has 38 heavy (non-hydrogen) atoms. The van der Waals surface area contributed by atoms with E-state index >= 15 is 0 Å². The zero-order valence-corrected chi connectivity index (χ0v) is 23.9. The van der Waals surface area contributed by atoms with Gasteiger partial charge in [-0.15, -0.1) is 0 Å². The van der Waals surface area contributed by atoms with E-state index in [0.29, 0.717) is 35.6 Å². The van der Waals surface area contributed by atoms with Gasteiger partial charge in [-0.2, -0.15) is 9.97 Å². The number of nitrogens with one attached hydrogen (secondary N) is 2. The van der Waals surface area contributed by atoms with Gasteiger partial charge in [0.25, 0.3) is 0 Å². The molecule has 206 valence electrons. The number of hydrogen-bond donors (Lipinski definition) is 5. The SMILES string of the molecule is CC(C)Nc1cc(N)nc(N)n1.CC(C)c1cn(C)c2cnc(N)nc12.Cc1cc(NC(C)C)nc(C)n1. The highest BCUT2D eigenvalue weighted by atomic mass is 15.1. The number of aromatic nitrogens is 7. The van der Waals surface area contributed by atoms with Crippen molar-refractivity contribution >= 4 is 40.4 Å². The summed E-state index contributed by atoms with van der Waals surface area (Å²) < 4.78 is 2.03. The minimum Gasteiger partial charge on any atom is -0.383 e. The molecule has 0 saturated carbocycles. The van der Waals surface area contributed by atoms with E-state index < -0.39 is 0 Å². The maximum atomic E-state index is 5.57. The number of rotatable bonds is 5. The Hall–Kier alpha value is -4.22.